The summed E-state index contributed by atoms with van der Waals surface area (Å²) in [5, 5.41) is 0. The van der Waals surface area contributed by atoms with Gasteiger partial charge < -0.3 is 0 Å². The number of hydrogen-bond donors (Lipinski definition) is 0. The molecule has 0 radical (unpaired) electrons. The number of nitrogens with zero attached hydrogens (tertiary/aromatic N) is 2. The second kappa shape index (κ2) is 7.38. The Bertz CT molecular complexity index is 530. The van der Waals surface area contributed by atoms with E-state index < -0.39 is 9.84 Å². The Labute approximate surface area is 128 Å². The molecule has 118 valence electrons. The van der Waals surface area contributed by atoms with Gasteiger partial charge in [-0.05, 0) is 32.0 Å². The van der Waals surface area contributed by atoms with Crippen molar-refractivity contribution in [3.8, 4) is 0 Å². The van der Waals surface area contributed by atoms with Crippen LogP contribution in [0.1, 0.15) is 18.9 Å². The van der Waals surface area contributed by atoms with Gasteiger partial charge in [-0.25, -0.2) is 8.42 Å². The zero-order valence-corrected chi connectivity index (χ0v) is 13.8. The second-order valence-corrected chi connectivity index (χ2v) is 8.35. The lowest BCUT2D eigenvalue weighted by atomic mass is 10.2. The van der Waals surface area contributed by atoms with Crippen LogP contribution in [-0.2, 0) is 16.4 Å². The van der Waals surface area contributed by atoms with Crippen molar-refractivity contribution in [2.45, 2.75) is 25.9 Å². The molecule has 1 aliphatic rings. The van der Waals surface area contributed by atoms with Gasteiger partial charge in [0.05, 0.1) is 5.75 Å². The van der Waals surface area contributed by atoms with Gasteiger partial charge in [0.2, 0.25) is 0 Å². The maximum absolute atomic E-state index is 11.3. The lowest BCUT2D eigenvalue weighted by molar-refractivity contribution is 0.195. The van der Waals surface area contributed by atoms with Crippen LogP contribution >= 0.6 is 0 Å². The van der Waals surface area contributed by atoms with Crippen LogP contribution in [0.2, 0.25) is 0 Å². The summed E-state index contributed by atoms with van der Waals surface area (Å²) in [5.41, 5.74) is 1.34. The molecule has 1 saturated heterocycles. The first kappa shape index (κ1) is 16.5. The van der Waals surface area contributed by atoms with Gasteiger partial charge in [-0.1, -0.05) is 30.3 Å². The molecule has 1 fully saturated rings. The Morgan fingerprint density at radius 2 is 1.90 bits per heavy atom. The minimum atomic E-state index is -2.88. The fraction of sp³-hybridized carbons (Fsp3) is 0.625. The Morgan fingerprint density at radius 3 is 2.57 bits per heavy atom. The summed E-state index contributed by atoms with van der Waals surface area (Å²) >= 11 is 0. The number of benzene rings is 1. The predicted octanol–water partition coefficient (Wildman–Crippen LogP) is 1.63. The maximum atomic E-state index is 11.3. The van der Waals surface area contributed by atoms with Crippen LogP contribution in [0.25, 0.3) is 0 Å². The Kier molecular flexibility index (Phi) is 5.79. The highest BCUT2D eigenvalue weighted by atomic mass is 32.2. The fourth-order valence-electron chi connectivity index (χ4n) is 2.90. The lowest BCUT2D eigenvalue weighted by Crippen LogP contribution is -2.40. The van der Waals surface area contributed by atoms with Crippen LogP contribution in [0.4, 0.5) is 0 Å². The van der Waals surface area contributed by atoms with E-state index in [1.807, 2.05) is 6.07 Å². The van der Waals surface area contributed by atoms with E-state index in [0.717, 1.165) is 32.6 Å². The van der Waals surface area contributed by atoms with Crippen molar-refractivity contribution < 1.29 is 8.42 Å². The average Bonchev–Trinajstić information content (AvgIpc) is 2.58. The molecule has 0 amide bonds. The highest BCUT2D eigenvalue weighted by Crippen LogP contribution is 2.13. The third kappa shape index (κ3) is 5.77. The molecule has 2 rings (SSSR count). The summed E-state index contributed by atoms with van der Waals surface area (Å²) in [6.07, 6.45) is 2.41. The third-order valence-electron chi connectivity index (χ3n) is 4.06. The summed E-state index contributed by atoms with van der Waals surface area (Å²) in [7, 11) is -2.88. The van der Waals surface area contributed by atoms with E-state index in [9.17, 15) is 8.42 Å². The SMILES string of the molecule is C[C@@H]1CN(Cc2ccccc2)CCCN1CCS(C)(=O)=O. The standard InChI is InChI=1S/C16H26N2O2S/c1-15-13-17(14-16-7-4-3-5-8-16)9-6-10-18(15)11-12-21(2,19)20/h3-5,7-8,15H,6,9-14H2,1-2H3/t15-/m1/s1. The molecule has 1 heterocycles. The van der Waals surface area contributed by atoms with Gasteiger partial charge in [0, 0.05) is 31.9 Å². The summed E-state index contributed by atoms with van der Waals surface area (Å²) in [6.45, 7) is 6.89. The highest BCUT2D eigenvalue weighted by molar-refractivity contribution is 7.90. The molecule has 0 saturated carbocycles. The largest absolute Gasteiger partial charge is 0.298 e. The van der Waals surface area contributed by atoms with Crippen molar-refractivity contribution in [2.75, 3.05) is 38.2 Å². The topological polar surface area (TPSA) is 40.6 Å². The zero-order valence-electron chi connectivity index (χ0n) is 13.0. The minimum absolute atomic E-state index is 0.260. The van der Waals surface area contributed by atoms with E-state index in [2.05, 4.69) is 41.0 Å². The Balaban J connectivity index is 1.89. The van der Waals surface area contributed by atoms with Crippen LogP contribution in [-0.4, -0.2) is 62.4 Å². The van der Waals surface area contributed by atoms with Gasteiger partial charge in [-0.2, -0.15) is 0 Å². The fourth-order valence-corrected chi connectivity index (χ4v) is 3.46. The Hall–Kier alpha value is -0.910. The van der Waals surface area contributed by atoms with Crippen LogP contribution in [0.15, 0.2) is 30.3 Å². The third-order valence-corrected chi connectivity index (χ3v) is 4.99. The summed E-state index contributed by atoms with van der Waals surface area (Å²) < 4.78 is 22.7. The predicted molar refractivity (Wildman–Crippen MR) is 87.1 cm³/mol. The molecular formula is C16H26N2O2S. The van der Waals surface area contributed by atoms with Crippen LogP contribution in [0.3, 0.4) is 0 Å². The second-order valence-electron chi connectivity index (χ2n) is 6.09. The van der Waals surface area contributed by atoms with Crippen LogP contribution in [0, 0.1) is 0 Å². The summed E-state index contributed by atoms with van der Waals surface area (Å²) in [6, 6.07) is 10.9. The molecule has 1 aliphatic heterocycles. The van der Waals surface area contributed by atoms with E-state index >= 15 is 0 Å². The molecular weight excluding hydrogens is 284 g/mol. The molecule has 0 bridgehead atoms. The number of hydrogen-bond acceptors (Lipinski definition) is 4. The maximum Gasteiger partial charge on any atom is 0.148 e. The van der Waals surface area contributed by atoms with Gasteiger partial charge in [-0.3, -0.25) is 9.80 Å². The van der Waals surface area contributed by atoms with Gasteiger partial charge >= 0.3 is 0 Å². The van der Waals surface area contributed by atoms with Gasteiger partial charge in [0.15, 0.2) is 0 Å². The Morgan fingerprint density at radius 1 is 1.19 bits per heavy atom. The summed E-state index contributed by atoms with van der Waals surface area (Å²) in [5.74, 6) is 0.260. The van der Waals surface area contributed by atoms with Gasteiger partial charge in [-0.15, -0.1) is 0 Å². The van der Waals surface area contributed by atoms with Gasteiger partial charge in [0.25, 0.3) is 0 Å². The van der Waals surface area contributed by atoms with E-state index in [1.165, 1.54) is 11.8 Å². The highest BCUT2D eigenvalue weighted by Gasteiger charge is 2.22. The summed E-state index contributed by atoms with van der Waals surface area (Å²) in [4.78, 5) is 4.78. The molecule has 0 aromatic heterocycles. The van der Waals surface area contributed by atoms with Crippen molar-refractivity contribution >= 4 is 9.84 Å². The normalized spacial score (nSPS) is 22.1. The lowest BCUT2D eigenvalue weighted by Gasteiger charge is -2.28. The first-order valence-corrected chi connectivity index (χ1v) is 9.68. The van der Waals surface area contributed by atoms with Crippen molar-refractivity contribution in [2.24, 2.45) is 0 Å². The van der Waals surface area contributed by atoms with Crippen molar-refractivity contribution in [3.63, 3.8) is 0 Å². The van der Waals surface area contributed by atoms with Crippen molar-refractivity contribution in [1.29, 1.82) is 0 Å². The monoisotopic (exact) mass is 310 g/mol. The molecule has 0 spiro atoms. The van der Waals surface area contributed by atoms with E-state index in [-0.39, 0.29) is 5.75 Å². The molecule has 21 heavy (non-hydrogen) atoms. The van der Waals surface area contributed by atoms with Crippen LogP contribution in [0.5, 0.6) is 0 Å². The molecule has 0 unspecified atom stereocenters. The first-order valence-electron chi connectivity index (χ1n) is 7.62. The molecule has 1 aromatic rings. The molecule has 5 heteroatoms. The van der Waals surface area contributed by atoms with E-state index in [4.69, 9.17) is 0 Å². The molecule has 4 nitrogen and oxygen atoms in total. The average molecular weight is 310 g/mol. The van der Waals surface area contributed by atoms with Crippen molar-refractivity contribution in [3.05, 3.63) is 35.9 Å². The van der Waals surface area contributed by atoms with E-state index in [1.54, 1.807) is 0 Å². The van der Waals surface area contributed by atoms with Gasteiger partial charge in [0.1, 0.15) is 9.84 Å². The molecule has 0 aliphatic carbocycles. The smallest absolute Gasteiger partial charge is 0.148 e. The quantitative estimate of drug-likeness (QED) is 0.829. The van der Waals surface area contributed by atoms with E-state index in [0.29, 0.717) is 12.6 Å². The van der Waals surface area contributed by atoms with Crippen LogP contribution < -0.4 is 0 Å². The van der Waals surface area contributed by atoms with Crippen molar-refractivity contribution in [1.82, 2.24) is 9.80 Å². The zero-order chi connectivity index (χ0) is 15.3. The first-order chi connectivity index (χ1) is 9.94. The minimum Gasteiger partial charge on any atom is -0.298 e. The number of sulfone groups is 1. The number of rotatable bonds is 5. The molecule has 1 aromatic carbocycles. The molecule has 0 N–H and O–H groups in total. The molecule has 1 atom stereocenters.